The highest BCUT2D eigenvalue weighted by Gasteiger charge is 2.32. The highest BCUT2D eigenvalue weighted by molar-refractivity contribution is 5.95. The van der Waals surface area contributed by atoms with E-state index in [2.05, 4.69) is 11.2 Å². The maximum absolute atomic E-state index is 11.9. The second-order valence-corrected chi connectivity index (χ2v) is 4.13. The van der Waals surface area contributed by atoms with Crippen molar-refractivity contribution in [1.82, 2.24) is 5.32 Å². The lowest BCUT2D eigenvalue weighted by molar-refractivity contribution is -0.128. The van der Waals surface area contributed by atoms with Gasteiger partial charge in [-0.15, -0.1) is 6.42 Å². The van der Waals surface area contributed by atoms with Crippen molar-refractivity contribution >= 4 is 17.5 Å². The smallest absolute Gasteiger partial charge is 0.263 e. The van der Waals surface area contributed by atoms with E-state index in [1.807, 2.05) is 6.07 Å². The fourth-order valence-corrected chi connectivity index (χ4v) is 1.92. The first-order chi connectivity index (χ1) is 9.13. The lowest BCUT2D eigenvalue weighted by Crippen LogP contribution is -2.50. The SMILES string of the molecule is C#CCNC(=O)C1CN(C(C)=O)c2ccccc2O1. The molecule has 2 rings (SSSR count). The van der Waals surface area contributed by atoms with Gasteiger partial charge in [0.1, 0.15) is 5.75 Å². The van der Waals surface area contributed by atoms with E-state index >= 15 is 0 Å². The first kappa shape index (κ1) is 13.0. The summed E-state index contributed by atoms with van der Waals surface area (Å²) in [4.78, 5) is 25.0. The van der Waals surface area contributed by atoms with Crippen LogP contribution in [-0.4, -0.2) is 31.0 Å². The molecule has 98 valence electrons. The van der Waals surface area contributed by atoms with Crippen LogP contribution >= 0.6 is 0 Å². The van der Waals surface area contributed by atoms with E-state index in [1.165, 1.54) is 11.8 Å². The van der Waals surface area contributed by atoms with E-state index in [1.54, 1.807) is 18.2 Å². The number of hydrogen-bond acceptors (Lipinski definition) is 3. The maximum atomic E-state index is 11.9. The van der Waals surface area contributed by atoms with E-state index < -0.39 is 6.10 Å². The monoisotopic (exact) mass is 258 g/mol. The highest BCUT2D eigenvalue weighted by Crippen LogP contribution is 2.33. The van der Waals surface area contributed by atoms with Gasteiger partial charge < -0.3 is 15.0 Å². The van der Waals surface area contributed by atoms with Crippen molar-refractivity contribution in [3.63, 3.8) is 0 Å². The Bertz CT molecular complexity index is 548. The molecule has 2 amide bonds. The summed E-state index contributed by atoms with van der Waals surface area (Å²) in [7, 11) is 0. The van der Waals surface area contributed by atoms with Gasteiger partial charge in [0, 0.05) is 6.92 Å². The van der Waals surface area contributed by atoms with Crippen molar-refractivity contribution in [1.29, 1.82) is 0 Å². The van der Waals surface area contributed by atoms with Gasteiger partial charge in [-0.1, -0.05) is 18.1 Å². The van der Waals surface area contributed by atoms with E-state index in [4.69, 9.17) is 11.2 Å². The molecule has 0 bridgehead atoms. The van der Waals surface area contributed by atoms with Gasteiger partial charge in [-0.3, -0.25) is 9.59 Å². The Morgan fingerprint density at radius 2 is 2.26 bits per heavy atom. The number of benzene rings is 1. The number of amides is 2. The molecular weight excluding hydrogens is 244 g/mol. The summed E-state index contributed by atoms with van der Waals surface area (Å²) in [6.07, 6.45) is 4.34. The van der Waals surface area contributed by atoms with Gasteiger partial charge in [0.25, 0.3) is 5.91 Å². The molecule has 0 spiro atoms. The number of nitrogens with zero attached hydrogens (tertiary/aromatic N) is 1. The lowest BCUT2D eigenvalue weighted by atomic mass is 10.1. The van der Waals surface area contributed by atoms with Crippen LogP contribution in [0.2, 0.25) is 0 Å². The number of fused-ring (bicyclic) bond motifs is 1. The molecule has 1 aliphatic rings. The van der Waals surface area contributed by atoms with Crippen LogP contribution in [0.15, 0.2) is 24.3 Å². The van der Waals surface area contributed by atoms with E-state index in [0.717, 1.165) is 0 Å². The Hall–Kier alpha value is -2.48. The standard InChI is InChI=1S/C14H14N2O3/c1-3-8-15-14(18)13-9-16(10(2)17)11-6-4-5-7-12(11)19-13/h1,4-7,13H,8-9H2,2H3,(H,15,18). The molecule has 0 saturated carbocycles. The summed E-state index contributed by atoms with van der Waals surface area (Å²) in [5, 5.41) is 2.55. The Morgan fingerprint density at radius 1 is 1.53 bits per heavy atom. The van der Waals surface area contributed by atoms with Crippen LogP contribution in [0.25, 0.3) is 0 Å². The molecule has 1 aromatic carbocycles. The van der Waals surface area contributed by atoms with Crippen LogP contribution in [0.3, 0.4) is 0 Å². The zero-order valence-electron chi connectivity index (χ0n) is 10.6. The van der Waals surface area contributed by atoms with Crippen molar-refractivity contribution < 1.29 is 14.3 Å². The summed E-state index contributed by atoms with van der Waals surface area (Å²) < 4.78 is 5.60. The molecule has 0 aliphatic carbocycles. The largest absolute Gasteiger partial charge is 0.477 e. The van der Waals surface area contributed by atoms with Gasteiger partial charge in [0.15, 0.2) is 6.10 Å². The molecule has 0 fully saturated rings. The van der Waals surface area contributed by atoms with E-state index in [9.17, 15) is 9.59 Å². The Morgan fingerprint density at radius 3 is 2.95 bits per heavy atom. The van der Waals surface area contributed by atoms with Gasteiger partial charge in [0.05, 0.1) is 18.8 Å². The molecule has 0 radical (unpaired) electrons. The third kappa shape index (κ3) is 2.68. The third-order valence-corrected chi connectivity index (χ3v) is 2.81. The second-order valence-electron chi connectivity index (χ2n) is 4.13. The fourth-order valence-electron chi connectivity index (χ4n) is 1.92. The maximum Gasteiger partial charge on any atom is 0.263 e. The average Bonchev–Trinajstić information content (AvgIpc) is 2.43. The number of hydrogen-bond donors (Lipinski definition) is 1. The van der Waals surface area contributed by atoms with Gasteiger partial charge in [-0.25, -0.2) is 0 Å². The fraction of sp³-hybridized carbons (Fsp3) is 0.286. The van der Waals surface area contributed by atoms with Gasteiger partial charge in [-0.2, -0.15) is 0 Å². The minimum absolute atomic E-state index is 0.134. The summed E-state index contributed by atoms with van der Waals surface area (Å²) >= 11 is 0. The minimum Gasteiger partial charge on any atom is -0.477 e. The molecular formula is C14H14N2O3. The van der Waals surface area contributed by atoms with Crippen LogP contribution in [0.1, 0.15) is 6.92 Å². The molecule has 5 nitrogen and oxygen atoms in total. The number of para-hydroxylation sites is 2. The first-order valence-corrected chi connectivity index (χ1v) is 5.88. The Labute approximate surface area is 111 Å². The van der Waals surface area contributed by atoms with Crippen molar-refractivity contribution in [2.45, 2.75) is 13.0 Å². The molecule has 1 aromatic rings. The van der Waals surface area contributed by atoms with Crippen LogP contribution in [0, 0.1) is 12.3 Å². The Kier molecular flexibility index (Phi) is 3.71. The molecule has 0 aromatic heterocycles. The zero-order chi connectivity index (χ0) is 13.8. The highest BCUT2D eigenvalue weighted by atomic mass is 16.5. The molecule has 1 aliphatic heterocycles. The van der Waals surface area contributed by atoms with Crippen molar-refractivity contribution in [3.8, 4) is 18.1 Å². The van der Waals surface area contributed by atoms with Gasteiger partial charge in [0.2, 0.25) is 5.91 Å². The number of terminal acetylenes is 1. The molecule has 19 heavy (non-hydrogen) atoms. The second kappa shape index (κ2) is 5.44. The van der Waals surface area contributed by atoms with Crippen LogP contribution in [0.4, 0.5) is 5.69 Å². The number of ether oxygens (including phenoxy) is 1. The molecule has 1 atom stereocenters. The van der Waals surface area contributed by atoms with Crippen molar-refractivity contribution in [3.05, 3.63) is 24.3 Å². The third-order valence-electron chi connectivity index (χ3n) is 2.81. The minimum atomic E-state index is -0.743. The molecule has 1 unspecified atom stereocenters. The van der Waals surface area contributed by atoms with Crippen LogP contribution < -0.4 is 15.0 Å². The van der Waals surface area contributed by atoms with Gasteiger partial charge >= 0.3 is 0 Å². The van der Waals surface area contributed by atoms with Crippen LogP contribution in [0.5, 0.6) is 5.75 Å². The lowest BCUT2D eigenvalue weighted by Gasteiger charge is -2.33. The van der Waals surface area contributed by atoms with E-state index in [0.29, 0.717) is 11.4 Å². The van der Waals surface area contributed by atoms with Crippen molar-refractivity contribution in [2.75, 3.05) is 18.0 Å². The predicted molar refractivity (Wildman–Crippen MR) is 70.7 cm³/mol. The number of carbonyl (C=O) groups excluding carboxylic acids is 2. The quantitative estimate of drug-likeness (QED) is 0.788. The molecule has 5 heteroatoms. The molecule has 0 saturated heterocycles. The summed E-state index contributed by atoms with van der Waals surface area (Å²) in [6, 6.07) is 7.12. The summed E-state index contributed by atoms with van der Waals surface area (Å²) in [6.45, 7) is 1.78. The number of anilines is 1. The first-order valence-electron chi connectivity index (χ1n) is 5.88. The number of carbonyl (C=O) groups is 2. The summed E-state index contributed by atoms with van der Waals surface area (Å²) in [5.41, 5.74) is 0.677. The zero-order valence-corrected chi connectivity index (χ0v) is 10.6. The Balaban J connectivity index is 2.23. The molecule has 1 heterocycles. The predicted octanol–water partition coefficient (Wildman–Crippen LogP) is 0.550. The molecule has 1 N–H and O–H groups in total. The van der Waals surface area contributed by atoms with Crippen molar-refractivity contribution in [2.24, 2.45) is 0 Å². The normalized spacial score (nSPS) is 16.8. The van der Waals surface area contributed by atoms with Crippen LogP contribution in [-0.2, 0) is 9.59 Å². The van der Waals surface area contributed by atoms with E-state index in [-0.39, 0.29) is 24.9 Å². The topological polar surface area (TPSA) is 58.6 Å². The van der Waals surface area contributed by atoms with Gasteiger partial charge in [-0.05, 0) is 12.1 Å². The summed E-state index contributed by atoms with van der Waals surface area (Å²) in [5.74, 6) is 2.39. The average molecular weight is 258 g/mol. The number of rotatable bonds is 2. The number of nitrogens with one attached hydrogen (secondary N) is 1.